The fraction of sp³-hybridized carbons (Fsp3) is 0.381. The van der Waals surface area contributed by atoms with Crippen LogP contribution >= 0.6 is 0 Å². The Labute approximate surface area is 155 Å². The number of rotatable bonds is 8. The van der Waals surface area contributed by atoms with E-state index in [0.29, 0.717) is 5.92 Å². The van der Waals surface area contributed by atoms with E-state index < -0.39 is 6.10 Å². The number of nitrogens with one attached hydrogen (secondary N) is 1. The monoisotopic (exact) mass is 355 g/mol. The lowest BCUT2D eigenvalue weighted by atomic mass is 9.99. The second kappa shape index (κ2) is 9.82. The van der Waals surface area contributed by atoms with E-state index in [2.05, 4.69) is 36.3 Å². The highest BCUT2D eigenvalue weighted by molar-refractivity contribution is 5.92. The van der Waals surface area contributed by atoms with E-state index in [9.17, 15) is 5.11 Å². The normalized spacial score (nSPS) is 13.9. The lowest BCUT2D eigenvalue weighted by Gasteiger charge is -2.12. The molecule has 0 aliphatic carbocycles. The molecular weight excluding hydrogens is 326 g/mol. The number of anilines is 1. The molecule has 0 bridgehead atoms. The van der Waals surface area contributed by atoms with Crippen LogP contribution in [0.15, 0.2) is 53.5 Å². The molecule has 140 valence electrons. The molecule has 0 heterocycles. The Morgan fingerprint density at radius 3 is 2.62 bits per heavy atom. The Bertz CT molecular complexity index is 713. The van der Waals surface area contributed by atoms with E-state index in [1.165, 1.54) is 5.56 Å². The number of ether oxygens (including phenoxy) is 1. The third kappa shape index (κ3) is 6.41. The minimum absolute atomic E-state index is 0.170. The van der Waals surface area contributed by atoms with Crippen LogP contribution in [0.4, 0.5) is 5.69 Å². The van der Waals surface area contributed by atoms with Crippen LogP contribution in [0.5, 0.6) is 5.75 Å². The van der Waals surface area contributed by atoms with Crippen molar-refractivity contribution in [3.05, 3.63) is 59.7 Å². The second-order valence-electron chi connectivity index (χ2n) is 6.56. The van der Waals surface area contributed by atoms with Crippen LogP contribution in [0.2, 0.25) is 0 Å². The molecular formula is C21H29N3O2. The van der Waals surface area contributed by atoms with E-state index in [1.807, 2.05) is 43.3 Å². The van der Waals surface area contributed by atoms with Gasteiger partial charge < -0.3 is 20.9 Å². The van der Waals surface area contributed by atoms with Gasteiger partial charge in [0.25, 0.3) is 0 Å². The first-order chi connectivity index (χ1) is 12.5. The van der Waals surface area contributed by atoms with Gasteiger partial charge in [0.15, 0.2) is 5.96 Å². The summed E-state index contributed by atoms with van der Waals surface area (Å²) < 4.78 is 5.56. The van der Waals surface area contributed by atoms with Crippen molar-refractivity contribution in [3.8, 4) is 5.75 Å². The van der Waals surface area contributed by atoms with Gasteiger partial charge in [-0.1, -0.05) is 38.1 Å². The maximum atomic E-state index is 10.0. The zero-order valence-electron chi connectivity index (χ0n) is 15.8. The Hall–Kier alpha value is -2.53. The highest BCUT2D eigenvalue weighted by Gasteiger charge is 2.06. The molecule has 5 heteroatoms. The second-order valence-corrected chi connectivity index (χ2v) is 6.56. The molecule has 0 fully saturated rings. The van der Waals surface area contributed by atoms with Crippen molar-refractivity contribution >= 4 is 11.6 Å². The minimum Gasteiger partial charge on any atom is -0.491 e. The van der Waals surface area contributed by atoms with Crippen LogP contribution in [0.25, 0.3) is 0 Å². The number of nitrogens with zero attached hydrogens (tertiary/aromatic N) is 1. The Balaban J connectivity index is 1.79. The van der Waals surface area contributed by atoms with Crippen molar-refractivity contribution in [2.45, 2.75) is 39.2 Å². The zero-order valence-corrected chi connectivity index (χ0v) is 15.8. The first-order valence-electron chi connectivity index (χ1n) is 9.02. The Morgan fingerprint density at radius 2 is 1.96 bits per heavy atom. The summed E-state index contributed by atoms with van der Waals surface area (Å²) in [4.78, 5) is 4.18. The Morgan fingerprint density at radius 1 is 1.23 bits per heavy atom. The quantitative estimate of drug-likeness (QED) is 0.498. The molecule has 0 amide bonds. The molecule has 4 N–H and O–H groups in total. The summed E-state index contributed by atoms with van der Waals surface area (Å²) in [5.41, 5.74) is 9.19. The molecule has 2 aromatic carbocycles. The van der Waals surface area contributed by atoms with E-state index >= 15 is 0 Å². The number of aliphatic hydroxyl groups excluding tert-OH is 1. The fourth-order valence-corrected chi connectivity index (χ4v) is 2.47. The lowest BCUT2D eigenvalue weighted by Crippen LogP contribution is -2.27. The number of hydrogen-bond donors (Lipinski definition) is 3. The van der Waals surface area contributed by atoms with Gasteiger partial charge in [-0.3, -0.25) is 4.99 Å². The van der Waals surface area contributed by atoms with Crippen LogP contribution in [0.1, 0.15) is 37.3 Å². The van der Waals surface area contributed by atoms with Crippen molar-refractivity contribution in [2.75, 3.05) is 18.5 Å². The predicted molar refractivity (Wildman–Crippen MR) is 108 cm³/mol. The number of aryl methyl sites for hydroxylation is 1. The first-order valence-corrected chi connectivity index (χ1v) is 9.02. The van der Waals surface area contributed by atoms with Gasteiger partial charge in [0.05, 0.1) is 6.54 Å². The van der Waals surface area contributed by atoms with Crippen LogP contribution in [-0.4, -0.2) is 30.3 Å². The highest BCUT2D eigenvalue weighted by Crippen LogP contribution is 2.20. The number of guanidine groups is 1. The number of hydrogen-bond acceptors (Lipinski definition) is 3. The summed E-state index contributed by atoms with van der Waals surface area (Å²) in [5, 5.41) is 13.0. The summed E-state index contributed by atoms with van der Waals surface area (Å²) in [6.45, 7) is 6.72. The van der Waals surface area contributed by atoms with Gasteiger partial charge in [-0.05, 0) is 54.7 Å². The standard InChI is InChI=1S/C21H29N3O2/c1-4-16(3)17-8-10-18(11-9-17)24-21(22)23-13-19(25)14-26-20-7-5-6-15(2)12-20/h5-12,16,19,25H,4,13-14H2,1-3H3,(H3,22,23,24). The van der Waals surface area contributed by atoms with Gasteiger partial charge in [0, 0.05) is 5.69 Å². The number of aliphatic hydroxyl groups is 1. The van der Waals surface area contributed by atoms with Crippen LogP contribution in [-0.2, 0) is 0 Å². The molecule has 0 spiro atoms. The van der Waals surface area contributed by atoms with Crippen LogP contribution < -0.4 is 15.8 Å². The largest absolute Gasteiger partial charge is 0.491 e. The minimum atomic E-state index is -0.719. The maximum absolute atomic E-state index is 10.0. The average molecular weight is 355 g/mol. The van der Waals surface area contributed by atoms with Crippen molar-refractivity contribution in [1.82, 2.24) is 0 Å². The SMILES string of the molecule is CCC(C)c1ccc(NC(N)=NCC(O)COc2cccc(C)c2)cc1. The van der Waals surface area contributed by atoms with E-state index in [4.69, 9.17) is 10.5 Å². The molecule has 0 radical (unpaired) electrons. The molecule has 0 aliphatic heterocycles. The van der Waals surface area contributed by atoms with Crippen molar-refractivity contribution < 1.29 is 9.84 Å². The molecule has 2 aromatic rings. The van der Waals surface area contributed by atoms with Crippen LogP contribution in [0.3, 0.4) is 0 Å². The molecule has 26 heavy (non-hydrogen) atoms. The first kappa shape index (κ1) is 19.8. The summed E-state index contributed by atoms with van der Waals surface area (Å²) in [6, 6.07) is 15.9. The van der Waals surface area contributed by atoms with Crippen molar-refractivity contribution in [1.29, 1.82) is 0 Å². The molecule has 2 unspecified atom stereocenters. The van der Waals surface area contributed by atoms with E-state index in [-0.39, 0.29) is 19.1 Å². The molecule has 0 saturated carbocycles. The van der Waals surface area contributed by atoms with Gasteiger partial charge in [-0.25, -0.2) is 0 Å². The van der Waals surface area contributed by atoms with Gasteiger partial charge in [-0.15, -0.1) is 0 Å². The number of aliphatic imine (C=N–C) groups is 1. The van der Waals surface area contributed by atoms with E-state index in [1.54, 1.807) is 0 Å². The molecule has 2 atom stereocenters. The third-order valence-electron chi connectivity index (χ3n) is 4.27. The van der Waals surface area contributed by atoms with Crippen molar-refractivity contribution in [3.63, 3.8) is 0 Å². The predicted octanol–water partition coefficient (Wildman–Crippen LogP) is 3.68. The summed E-state index contributed by atoms with van der Waals surface area (Å²) in [7, 11) is 0. The van der Waals surface area contributed by atoms with Gasteiger partial charge in [0.2, 0.25) is 0 Å². The molecule has 5 nitrogen and oxygen atoms in total. The van der Waals surface area contributed by atoms with E-state index in [0.717, 1.165) is 23.4 Å². The average Bonchev–Trinajstić information content (AvgIpc) is 2.64. The number of benzene rings is 2. The zero-order chi connectivity index (χ0) is 18.9. The molecule has 2 rings (SSSR count). The summed E-state index contributed by atoms with van der Waals surface area (Å²) >= 11 is 0. The highest BCUT2D eigenvalue weighted by atomic mass is 16.5. The fourth-order valence-electron chi connectivity index (χ4n) is 2.47. The lowest BCUT2D eigenvalue weighted by molar-refractivity contribution is 0.114. The molecule has 0 saturated heterocycles. The van der Waals surface area contributed by atoms with Gasteiger partial charge in [0.1, 0.15) is 18.5 Å². The summed E-state index contributed by atoms with van der Waals surface area (Å²) in [6.07, 6.45) is 0.391. The maximum Gasteiger partial charge on any atom is 0.193 e. The summed E-state index contributed by atoms with van der Waals surface area (Å²) in [5.74, 6) is 1.55. The Kier molecular flexibility index (Phi) is 7.48. The van der Waals surface area contributed by atoms with Gasteiger partial charge >= 0.3 is 0 Å². The van der Waals surface area contributed by atoms with Gasteiger partial charge in [-0.2, -0.15) is 0 Å². The number of nitrogens with two attached hydrogens (primary N) is 1. The molecule has 0 aromatic heterocycles. The third-order valence-corrected chi connectivity index (χ3v) is 4.27. The van der Waals surface area contributed by atoms with Crippen molar-refractivity contribution in [2.24, 2.45) is 10.7 Å². The van der Waals surface area contributed by atoms with Crippen LogP contribution in [0, 0.1) is 6.92 Å². The smallest absolute Gasteiger partial charge is 0.193 e. The topological polar surface area (TPSA) is 79.9 Å². The molecule has 0 aliphatic rings.